The molecule has 98 valence electrons. The molecule has 0 spiro atoms. The Morgan fingerprint density at radius 3 is 2.61 bits per heavy atom. The summed E-state index contributed by atoms with van der Waals surface area (Å²) in [6, 6.07) is 0. The first kappa shape index (κ1) is 13.3. The first-order chi connectivity index (χ1) is 8.58. The molecule has 1 aromatic heterocycles. The summed E-state index contributed by atoms with van der Waals surface area (Å²) >= 11 is 1.57. The van der Waals surface area contributed by atoms with E-state index in [9.17, 15) is 9.90 Å². The smallest absolute Gasteiger partial charge is 0.340 e. The van der Waals surface area contributed by atoms with Crippen molar-refractivity contribution < 1.29 is 9.90 Å². The molecule has 1 heterocycles. The van der Waals surface area contributed by atoms with Gasteiger partial charge in [-0.25, -0.2) is 14.8 Å². The van der Waals surface area contributed by atoms with E-state index in [4.69, 9.17) is 0 Å². The molecule has 0 bridgehead atoms. The summed E-state index contributed by atoms with van der Waals surface area (Å²) in [5, 5.41) is 9.86. The molecule has 0 saturated heterocycles. The maximum atomic E-state index is 11.3. The van der Waals surface area contributed by atoms with Crippen LogP contribution in [0.2, 0.25) is 0 Å². The van der Waals surface area contributed by atoms with Gasteiger partial charge in [-0.3, -0.25) is 0 Å². The molecule has 1 aromatic rings. The van der Waals surface area contributed by atoms with Gasteiger partial charge in [-0.2, -0.15) is 0 Å². The first-order valence-electron chi connectivity index (χ1n) is 6.29. The molecule has 0 aromatic carbocycles. The summed E-state index contributed by atoms with van der Waals surface area (Å²) in [6.45, 7) is 3.54. The molecule has 1 aliphatic rings. The maximum absolute atomic E-state index is 11.3. The fourth-order valence-corrected chi connectivity index (χ4v) is 3.71. The number of aryl methyl sites for hydroxylation is 2. The van der Waals surface area contributed by atoms with Gasteiger partial charge in [-0.15, -0.1) is 11.8 Å². The van der Waals surface area contributed by atoms with Gasteiger partial charge in [-0.1, -0.05) is 12.8 Å². The number of thioether (sulfide) groups is 1. The lowest BCUT2D eigenvalue weighted by Gasteiger charge is -2.11. The Morgan fingerprint density at radius 1 is 1.33 bits per heavy atom. The lowest BCUT2D eigenvalue weighted by molar-refractivity contribution is 0.0690. The van der Waals surface area contributed by atoms with Crippen molar-refractivity contribution in [2.75, 3.05) is 5.75 Å². The molecule has 1 saturated carbocycles. The van der Waals surface area contributed by atoms with Gasteiger partial charge in [0.1, 0.15) is 16.4 Å². The van der Waals surface area contributed by atoms with Crippen LogP contribution in [0.3, 0.4) is 0 Å². The van der Waals surface area contributed by atoms with Gasteiger partial charge >= 0.3 is 5.97 Å². The largest absolute Gasteiger partial charge is 0.478 e. The number of aromatic nitrogens is 2. The zero-order chi connectivity index (χ0) is 13.1. The van der Waals surface area contributed by atoms with Crippen LogP contribution in [0.4, 0.5) is 0 Å². The van der Waals surface area contributed by atoms with Crippen molar-refractivity contribution in [1.29, 1.82) is 0 Å². The SMILES string of the molecule is Cc1nc(C)c(C(=O)O)c(SCC2CCCC2)n1. The molecule has 0 radical (unpaired) electrons. The molecule has 1 aliphatic carbocycles. The highest BCUT2D eigenvalue weighted by atomic mass is 32.2. The van der Waals surface area contributed by atoms with Crippen molar-refractivity contribution in [2.45, 2.75) is 44.6 Å². The average Bonchev–Trinajstić information content (AvgIpc) is 2.77. The zero-order valence-electron chi connectivity index (χ0n) is 10.8. The Balaban J connectivity index is 2.16. The van der Waals surface area contributed by atoms with E-state index in [1.807, 2.05) is 0 Å². The number of carboxylic acids is 1. The number of hydrogen-bond donors (Lipinski definition) is 1. The van der Waals surface area contributed by atoms with Crippen LogP contribution in [0.5, 0.6) is 0 Å². The van der Waals surface area contributed by atoms with Crippen molar-refractivity contribution in [2.24, 2.45) is 5.92 Å². The third kappa shape index (κ3) is 3.02. The van der Waals surface area contributed by atoms with E-state index in [0.29, 0.717) is 22.5 Å². The van der Waals surface area contributed by atoms with Crippen molar-refractivity contribution >= 4 is 17.7 Å². The lowest BCUT2D eigenvalue weighted by Crippen LogP contribution is -2.09. The summed E-state index contributed by atoms with van der Waals surface area (Å²) < 4.78 is 0. The van der Waals surface area contributed by atoms with Crippen LogP contribution in [0.15, 0.2) is 5.03 Å². The Labute approximate surface area is 111 Å². The third-order valence-electron chi connectivity index (χ3n) is 3.31. The van der Waals surface area contributed by atoms with Gasteiger partial charge in [0.05, 0.1) is 5.69 Å². The van der Waals surface area contributed by atoms with E-state index >= 15 is 0 Å². The molecule has 0 amide bonds. The van der Waals surface area contributed by atoms with E-state index in [2.05, 4.69) is 9.97 Å². The second kappa shape index (κ2) is 5.69. The molecule has 18 heavy (non-hydrogen) atoms. The molecule has 0 atom stereocenters. The van der Waals surface area contributed by atoms with Crippen LogP contribution in [-0.2, 0) is 0 Å². The van der Waals surface area contributed by atoms with Crippen molar-refractivity contribution in [1.82, 2.24) is 9.97 Å². The second-order valence-corrected chi connectivity index (χ2v) is 5.81. The molecule has 0 aliphatic heterocycles. The van der Waals surface area contributed by atoms with Gasteiger partial charge < -0.3 is 5.11 Å². The highest BCUT2D eigenvalue weighted by Crippen LogP contribution is 2.32. The molecule has 5 heteroatoms. The van der Waals surface area contributed by atoms with Crippen LogP contribution in [0.25, 0.3) is 0 Å². The molecule has 0 unspecified atom stereocenters. The number of nitrogens with zero attached hydrogens (tertiary/aromatic N) is 2. The highest BCUT2D eigenvalue weighted by Gasteiger charge is 2.20. The number of carbonyl (C=O) groups is 1. The fourth-order valence-electron chi connectivity index (χ4n) is 2.41. The van der Waals surface area contributed by atoms with Crippen LogP contribution in [0, 0.1) is 19.8 Å². The molecule has 1 fully saturated rings. The standard InChI is InChI=1S/C13H18N2O2S/c1-8-11(13(16)17)12(15-9(2)14-8)18-7-10-5-3-4-6-10/h10H,3-7H2,1-2H3,(H,16,17). The topological polar surface area (TPSA) is 63.1 Å². The minimum Gasteiger partial charge on any atom is -0.478 e. The van der Waals surface area contributed by atoms with E-state index in [1.54, 1.807) is 25.6 Å². The van der Waals surface area contributed by atoms with Crippen molar-refractivity contribution in [3.05, 3.63) is 17.1 Å². The van der Waals surface area contributed by atoms with Gasteiger partial charge in [0.15, 0.2) is 0 Å². The molecular weight excluding hydrogens is 248 g/mol. The summed E-state index contributed by atoms with van der Waals surface area (Å²) in [5.41, 5.74) is 0.826. The Morgan fingerprint density at radius 2 is 2.00 bits per heavy atom. The lowest BCUT2D eigenvalue weighted by atomic mass is 10.1. The van der Waals surface area contributed by atoms with Gasteiger partial charge in [0.2, 0.25) is 0 Å². The zero-order valence-corrected chi connectivity index (χ0v) is 11.6. The van der Waals surface area contributed by atoms with Crippen LogP contribution in [-0.4, -0.2) is 26.8 Å². The van der Waals surface area contributed by atoms with E-state index in [1.165, 1.54) is 25.7 Å². The fraction of sp³-hybridized carbons (Fsp3) is 0.615. The molecule has 2 rings (SSSR count). The van der Waals surface area contributed by atoms with E-state index in [-0.39, 0.29) is 5.56 Å². The summed E-state index contributed by atoms with van der Waals surface area (Å²) in [5.74, 6) is 1.40. The molecule has 4 nitrogen and oxygen atoms in total. The van der Waals surface area contributed by atoms with Crippen LogP contribution < -0.4 is 0 Å². The van der Waals surface area contributed by atoms with Crippen molar-refractivity contribution in [3.63, 3.8) is 0 Å². The predicted octanol–water partition coefficient (Wildman–Crippen LogP) is 3.07. The van der Waals surface area contributed by atoms with Gasteiger partial charge in [-0.05, 0) is 32.6 Å². The normalized spacial score (nSPS) is 16.1. The molecule has 1 N–H and O–H groups in total. The highest BCUT2D eigenvalue weighted by molar-refractivity contribution is 7.99. The summed E-state index contributed by atoms with van der Waals surface area (Å²) in [7, 11) is 0. The number of hydrogen-bond acceptors (Lipinski definition) is 4. The second-order valence-electron chi connectivity index (χ2n) is 4.80. The summed E-state index contributed by atoms with van der Waals surface area (Å²) in [6.07, 6.45) is 5.13. The third-order valence-corrected chi connectivity index (χ3v) is 4.52. The monoisotopic (exact) mass is 266 g/mol. The Kier molecular flexibility index (Phi) is 4.22. The number of carboxylic acid groups (broad SMARTS) is 1. The van der Waals surface area contributed by atoms with Gasteiger partial charge in [0.25, 0.3) is 0 Å². The van der Waals surface area contributed by atoms with Gasteiger partial charge in [0, 0.05) is 5.75 Å². The maximum Gasteiger partial charge on any atom is 0.340 e. The Bertz CT molecular complexity index is 457. The minimum atomic E-state index is -0.929. The quantitative estimate of drug-likeness (QED) is 0.670. The van der Waals surface area contributed by atoms with Crippen molar-refractivity contribution in [3.8, 4) is 0 Å². The molecular formula is C13H18N2O2S. The van der Waals surface area contributed by atoms with Crippen LogP contribution in [0.1, 0.15) is 47.6 Å². The first-order valence-corrected chi connectivity index (χ1v) is 7.28. The Hall–Kier alpha value is -1.10. The minimum absolute atomic E-state index is 0.267. The summed E-state index contributed by atoms with van der Waals surface area (Å²) in [4.78, 5) is 19.7. The van der Waals surface area contributed by atoms with Crippen LogP contribution >= 0.6 is 11.8 Å². The predicted molar refractivity (Wildman–Crippen MR) is 71.1 cm³/mol. The van der Waals surface area contributed by atoms with E-state index < -0.39 is 5.97 Å². The number of aromatic carboxylic acids is 1. The van der Waals surface area contributed by atoms with E-state index in [0.717, 1.165) is 5.75 Å². The average molecular weight is 266 g/mol. The number of rotatable bonds is 4.